The predicted molar refractivity (Wildman–Crippen MR) is 118 cm³/mol. The first kappa shape index (κ1) is 20.5. The second-order valence-electron chi connectivity index (χ2n) is 7.50. The molecule has 158 valence electrons. The summed E-state index contributed by atoms with van der Waals surface area (Å²) in [4.78, 5) is 37.9. The van der Waals surface area contributed by atoms with Crippen LogP contribution in [0.2, 0.25) is 0 Å². The number of hydrogen-bond donors (Lipinski definition) is 1. The molecule has 2 aromatic heterocycles. The molecule has 1 atom stereocenters. The van der Waals surface area contributed by atoms with Gasteiger partial charge in [-0.1, -0.05) is 24.3 Å². The summed E-state index contributed by atoms with van der Waals surface area (Å²) in [6.07, 6.45) is 4.68. The third-order valence-electron chi connectivity index (χ3n) is 5.50. The third-order valence-corrected chi connectivity index (χ3v) is 5.50. The Hall–Kier alpha value is -3.81. The van der Waals surface area contributed by atoms with E-state index in [0.717, 1.165) is 11.3 Å². The van der Waals surface area contributed by atoms with Gasteiger partial charge in [-0.05, 0) is 43.2 Å². The molecule has 0 aliphatic rings. The van der Waals surface area contributed by atoms with Gasteiger partial charge in [-0.15, -0.1) is 0 Å². The van der Waals surface area contributed by atoms with Crippen molar-refractivity contribution in [3.05, 3.63) is 82.9 Å². The van der Waals surface area contributed by atoms with Crippen LogP contribution in [-0.2, 0) is 11.2 Å². The van der Waals surface area contributed by atoms with Crippen molar-refractivity contribution in [1.82, 2.24) is 29.6 Å². The smallest absolute Gasteiger partial charge is 0.258 e. The van der Waals surface area contributed by atoms with Gasteiger partial charge < -0.3 is 9.88 Å². The molecule has 4 rings (SSSR count). The van der Waals surface area contributed by atoms with Crippen molar-refractivity contribution in [2.75, 3.05) is 7.05 Å². The largest absolute Gasteiger partial charge is 0.339 e. The van der Waals surface area contributed by atoms with E-state index >= 15 is 0 Å². The lowest BCUT2D eigenvalue weighted by Crippen LogP contribution is -2.29. The molecule has 0 saturated heterocycles. The van der Waals surface area contributed by atoms with Crippen LogP contribution in [0.4, 0.5) is 0 Å². The number of aryl methyl sites for hydroxylation is 1. The summed E-state index contributed by atoms with van der Waals surface area (Å²) in [5, 5.41) is 4.69. The fourth-order valence-corrected chi connectivity index (χ4v) is 3.52. The number of nitrogens with one attached hydrogen (secondary N) is 1. The van der Waals surface area contributed by atoms with Crippen molar-refractivity contribution in [2.45, 2.75) is 32.2 Å². The lowest BCUT2D eigenvalue weighted by atomic mass is 10.1. The van der Waals surface area contributed by atoms with Crippen LogP contribution in [0.3, 0.4) is 0 Å². The Labute approximate surface area is 179 Å². The maximum atomic E-state index is 12.7. The molecule has 0 aliphatic carbocycles. The van der Waals surface area contributed by atoms with Gasteiger partial charge in [0.05, 0.1) is 22.6 Å². The highest BCUT2D eigenvalue weighted by Crippen LogP contribution is 2.21. The lowest BCUT2D eigenvalue weighted by molar-refractivity contribution is -0.131. The van der Waals surface area contributed by atoms with Crippen LogP contribution < -0.4 is 5.56 Å². The first-order chi connectivity index (χ1) is 15.0. The van der Waals surface area contributed by atoms with E-state index in [2.05, 4.69) is 20.1 Å². The summed E-state index contributed by atoms with van der Waals surface area (Å²) in [6, 6.07) is 15.1. The van der Waals surface area contributed by atoms with Crippen molar-refractivity contribution >= 4 is 16.8 Å². The predicted octanol–water partition coefficient (Wildman–Crippen LogP) is 3.05. The number of nitrogens with zero attached hydrogens (tertiary/aromatic N) is 5. The number of carbonyl (C=O) groups is 1. The van der Waals surface area contributed by atoms with Gasteiger partial charge in [-0.2, -0.15) is 5.10 Å². The van der Waals surface area contributed by atoms with Crippen molar-refractivity contribution in [3.8, 4) is 5.69 Å². The minimum absolute atomic E-state index is 0.0518. The van der Waals surface area contributed by atoms with E-state index < -0.39 is 0 Å². The van der Waals surface area contributed by atoms with Gasteiger partial charge in [0.1, 0.15) is 18.5 Å². The summed E-state index contributed by atoms with van der Waals surface area (Å²) < 4.78 is 1.69. The van der Waals surface area contributed by atoms with Gasteiger partial charge >= 0.3 is 0 Å². The number of rotatable bonds is 7. The maximum absolute atomic E-state index is 12.7. The summed E-state index contributed by atoms with van der Waals surface area (Å²) in [6.45, 7) is 2.00. The van der Waals surface area contributed by atoms with Crippen LogP contribution in [-0.4, -0.2) is 42.6 Å². The normalized spacial score (nSPS) is 12.1. The van der Waals surface area contributed by atoms with Crippen LogP contribution in [0.25, 0.3) is 16.6 Å². The highest BCUT2D eigenvalue weighted by molar-refractivity contribution is 5.77. The van der Waals surface area contributed by atoms with Crippen LogP contribution >= 0.6 is 0 Å². The molecule has 0 radical (unpaired) electrons. The number of aromatic amines is 1. The van der Waals surface area contributed by atoms with Crippen LogP contribution in [0, 0.1) is 0 Å². The summed E-state index contributed by atoms with van der Waals surface area (Å²) in [5.74, 6) is 0.659. The van der Waals surface area contributed by atoms with E-state index in [9.17, 15) is 9.59 Å². The monoisotopic (exact) mass is 416 g/mol. The molecule has 4 aromatic rings. The highest BCUT2D eigenvalue weighted by atomic mass is 16.2. The molecule has 31 heavy (non-hydrogen) atoms. The van der Waals surface area contributed by atoms with E-state index in [1.54, 1.807) is 22.0 Å². The molecular formula is C23H24N6O2. The van der Waals surface area contributed by atoms with Crippen molar-refractivity contribution in [1.29, 1.82) is 0 Å². The Morgan fingerprint density at radius 1 is 1.16 bits per heavy atom. The molecule has 2 aromatic carbocycles. The Balaban J connectivity index is 1.34. The summed E-state index contributed by atoms with van der Waals surface area (Å²) >= 11 is 0. The minimum Gasteiger partial charge on any atom is -0.339 e. The molecule has 0 fully saturated rings. The van der Waals surface area contributed by atoms with Gasteiger partial charge in [0.15, 0.2) is 0 Å². The Morgan fingerprint density at radius 2 is 1.94 bits per heavy atom. The van der Waals surface area contributed by atoms with Gasteiger partial charge in [-0.25, -0.2) is 14.6 Å². The number of H-pyrrole nitrogens is 1. The van der Waals surface area contributed by atoms with E-state index in [1.165, 1.54) is 6.33 Å². The first-order valence-corrected chi connectivity index (χ1v) is 10.2. The number of carbonyl (C=O) groups excluding carboxylic acids is 1. The van der Waals surface area contributed by atoms with E-state index in [0.29, 0.717) is 36.0 Å². The fraction of sp³-hybridized carbons (Fsp3) is 0.261. The van der Waals surface area contributed by atoms with Crippen molar-refractivity contribution in [3.63, 3.8) is 0 Å². The number of hydrogen-bond acceptors (Lipinski definition) is 5. The van der Waals surface area contributed by atoms with Crippen molar-refractivity contribution < 1.29 is 4.79 Å². The first-order valence-electron chi connectivity index (χ1n) is 10.2. The average Bonchev–Trinajstić information content (AvgIpc) is 3.33. The molecule has 0 saturated carbocycles. The number of aromatic nitrogens is 5. The minimum atomic E-state index is -0.146. The quantitative estimate of drug-likeness (QED) is 0.499. The molecule has 1 N–H and O–H groups in total. The van der Waals surface area contributed by atoms with Gasteiger partial charge in [0.25, 0.3) is 5.56 Å². The molecule has 8 nitrogen and oxygen atoms in total. The molecule has 2 heterocycles. The fourth-order valence-electron chi connectivity index (χ4n) is 3.52. The summed E-state index contributed by atoms with van der Waals surface area (Å²) in [7, 11) is 1.81. The average molecular weight is 416 g/mol. The highest BCUT2D eigenvalue weighted by Gasteiger charge is 2.17. The topological polar surface area (TPSA) is 96.8 Å². The number of benzene rings is 2. The van der Waals surface area contributed by atoms with Gasteiger partial charge in [0.2, 0.25) is 5.91 Å². The Bertz CT molecular complexity index is 1230. The van der Waals surface area contributed by atoms with Gasteiger partial charge in [-0.3, -0.25) is 9.59 Å². The number of para-hydroxylation sites is 1. The van der Waals surface area contributed by atoms with Crippen LogP contribution in [0.15, 0.2) is 66.0 Å². The van der Waals surface area contributed by atoms with E-state index in [1.807, 2.05) is 56.4 Å². The van der Waals surface area contributed by atoms with Crippen molar-refractivity contribution in [2.24, 2.45) is 0 Å². The molecular weight excluding hydrogens is 392 g/mol. The molecule has 1 amide bonds. The molecule has 0 aliphatic heterocycles. The summed E-state index contributed by atoms with van der Waals surface area (Å²) in [5.41, 5.74) is 2.49. The van der Waals surface area contributed by atoms with Crippen LogP contribution in [0.1, 0.15) is 37.2 Å². The van der Waals surface area contributed by atoms with E-state index in [4.69, 9.17) is 0 Å². The second-order valence-corrected chi connectivity index (χ2v) is 7.50. The van der Waals surface area contributed by atoms with Gasteiger partial charge in [0, 0.05) is 19.9 Å². The zero-order valence-electron chi connectivity index (χ0n) is 17.5. The number of fused-ring (bicyclic) bond motifs is 1. The van der Waals surface area contributed by atoms with E-state index in [-0.39, 0.29) is 17.5 Å². The standard InChI is InChI=1S/C23H24N6O2/c1-16(17-10-12-18(13-11-17)29-15-24-14-25-29)28(2)22(30)9-5-8-21-26-20-7-4-3-6-19(20)23(31)27-21/h3-4,6-7,10-16H,5,8-9H2,1-2H3,(H,26,27,31). The second kappa shape index (κ2) is 8.91. The molecule has 8 heteroatoms. The SMILES string of the molecule is CC(c1ccc(-n2cncn2)cc1)N(C)C(=O)CCCc1nc2ccccc2c(=O)[nH]1. The Morgan fingerprint density at radius 3 is 2.68 bits per heavy atom. The third kappa shape index (κ3) is 4.53. The molecule has 1 unspecified atom stereocenters. The Kier molecular flexibility index (Phi) is 5.88. The van der Waals surface area contributed by atoms with Crippen LogP contribution in [0.5, 0.6) is 0 Å². The zero-order valence-corrected chi connectivity index (χ0v) is 17.5. The molecule has 0 bridgehead atoms. The zero-order chi connectivity index (χ0) is 21.8. The lowest BCUT2D eigenvalue weighted by Gasteiger charge is -2.25. The number of amides is 1. The maximum Gasteiger partial charge on any atom is 0.258 e. The molecule has 0 spiro atoms.